The molecule has 0 aliphatic heterocycles. The number of nitrogens with one attached hydrogen (secondary N) is 2. The lowest BCUT2D eigenvalue weighted by Gasteiger charge is -2.12. The van der Waals surface area contributed by atoms with E-state index in [0.29, 0.717) is 10.8 Å². The minimum absolute atomic E-state index is 0.108. The van der Waals surface area contributed by atoms with E-state index < -0.39 is 5.91 Å². The number of phenolic OH excluding ortho intramolecular Hbond substituents is 1. The van der Waals surface area contributed by atoms with Crippen molar-refractivity contribution < 1.29 is 9.90 Å². The lowest BCUT2D eigenvalue weighted by Crippen LogP contribution is -2.27. The quantitative estimate of drug-likeness (QED) is 0.797. The van der Waals surface area contributed by atoms with Crippen molar-refractivity contribution in [1.29, 1.82) is 0 Å². The van der Waals surface area contributed by atoms with Crippen molar-refractivity contribution in [1.82, 2.24) is 15.3 Å². The van der Waals surface area contributed by atoms with Gasteiger partial charge in [0, 0.05) is 17.4 Å². The number of imidazole rings is 1. The first-order chi connectivity index (χ1) is 8.58. The SMILES string of the molecule is CC(NC(=O)c1cc(Cl)ccc1O)c1ncc[nH]1. The number of benzene rings is 1. The Morgan fingerprint density at radius 1 is 1.56 bits per heavy atom. The molecule has 94 valence electrons. The predicted octanol–water partition coefficient (Wildman–Crippen LogP) is 2.26. The zero-order chi connectivity index (χ0) is 13.1. The van der Waals surface area contributed by atoms with Gasteiger partial charge in [0.05, 0.1) is 11.6 Å². The van der Waals surface area contributed by atoms with Gasteiger partial charge in [-0.3, -0.25) is 4.79 Å². The number of H-pyrrole nitrogens is 1. The largest absolute Gasteiger partial charge is 0.507 e. The Bertz CT molecular complexity index is 554. The summed E-state index contributed by atoms with van der Waals surface area (Å²) in [5.74, 6) is 0.132. The fraction of sp³-hybridized carbons (Fsp3) is 0.167. The first-order valence-electron chi connectivity index (χ1n) is 5.36. The van der Waals surface area contributed by atoms with Crippen LogP contribution in [0.3, 0.4) is 0 Å². The molecule has 2 aromatic rings. The van der Waals surface area contributed by atoms with Gasteiger partial charge >= 0.3 is 0 Å². The number of hydrogen-bond donors (Lipinski definition) is 3. The molecule has 3 N–H and O–H groups in total. The summed E-state index contributed by atoms with van der Waals surface area (Å²) in [6.45, 7) is 1.79. The van der Waals surface area contributed by atoms with Crippen LogP contribution in [0.4, 0.5) is 0 Å². The number of amides is 1. The Morgan fingerprint density at radius 2 is 2.33 bits per heavy atom. The zero-order valence-electron chi connectivity index (χ0n) is 9.64. The highest BCUT2D eigenvalue weighted by Gasteiger charge is 2.16. The summed E-state index contributed by atoms with van der Waals surface area (Å²) in [4.78, 5) is 18.9. The van der Waals surface area contributed by atoms with E-state index in [1.165, 1.54) is 18.2 Å². The molecule has 1 aromatic carbocycles. The van der Waals surface area contributed by atoms with Gasteiger partial charge in [0.2, 0.25) is 0 Å². The summed E-state index contributed by atoms with van der Waals surface area (Å²) in [6, 6.07) is 4.03. The maximum Gasteiger partial charge on any atom is 0.255 e. The van der Waals surface area contributed by atoms with Gasteiger partial charge in [0.1, 0.15) is 11.6 Å². The number of nitrogens with zero attached hydrogens (tertiary/aromatic N) is 1. The van der Waals surface area contributed by atoms with E-state index in [0.717, 1.165) is 0 Å². The fourth-order valence-corrected chi connectivity index (χ4v) is 1.72. The van der Waals surface area contributed by atoms with Crippen LogP contribution < -0.4 is 5.32 Å². The van der Waals surface area contributed by atoms with Gasteiger partial charge in [-0.25, -0.2) is 4.98 Å². The second kappa shape index (κ2) is 5.10. The third kappa shape index (κ3) is 2.62. The molecular formula is C12H12ClN3O2. The fourth-order valence-electron chi connectivity index (χ4n) is 1.55. The van der Waals surface area contributed by atoms with Gasteiger partial charge in [0.25, 0.3) is 5.91 Å². The average Bonchev–Trinajstić information content (AvgIpc) is 2.85. The molecule has 1 amide bonds. The number of halogens is 1. The summed E-state index contributed by atoms with van der Waals surface area (Å²) in [5.41, 5.74) is 0.140. The molecule has 6 heteroatoms. The van der Waals surface area contributed by atoms with Crippen LogP contribution in [0.5, 0.6) is 5.75 Å². The summed E-state index contributed by atoms with van der Waals surface area (Å²) >= 11 is 5.79. The molecule has 1 unspecified atom stereocenters. The summed E-state index contributed by atoms with van der Waals surface area (Å²) < 4.78 is 0. The second-order valence-corrected chi connectivity index (χ2v) is 4.27. The van der Waals surface area contributed by atoms with Gasteiger partial charge in [-0.15, -0.1) is 0 Å². The lowest BCUT2D eigenvalue weighted by atomic mass is 10.1. The van der Waals surface area contributed by atoms with Gasteiger partial charge in [-0.2, -0.15) is 0 Å². The first kappa shape index (κ1) is 12.4. The van der Waals surface area contributed by atoms with Gasteiger partial charge in [-0.1, -0.05) is 11.6 Å². The molecule has 0 fully saturated rings. The van der Waals surface area contributed by atoms with E-state index in [2.05, 4.69) is 15.3 Å². The molecule has 0 radical (unpaired) electrons. The number of aromatic nitrogens is 2. The highest BCUT2D eigenvalue weighted by atomic mass is 35.5. The monoisotopic (exact) mass is 265 g/mol. The highest BCUT2D eigenvalue weighted by molar-refractivity contribution is 6.31. The van der Waals surface area contributed by atoms with E-state index in [1.54, 1.807) is 19.3 Å². The molecule has 1 aromatic heterocycles. The molecule has 0 aliphatic carbocycles. The molecule has 2 rings (SSSR count). The normalized spacial score (nSPS) is 12.1. The van der Waals surface area contributed by atoms with Gasteiger partial charge in [0.15, 0.2) is 0 Å². The van der Waals surface area contributed by atoms with Crippen LogP contribution in [0.15, 0.2) is 30.6 Å². The van der Waals surface area contributed by atoms with Crippen LogP contribution in [0, 0.1) is 0 Å². The second-order valence-electron chi connectivity index (χ2n) is 3.83. The molecule has 1 atom stereocenters. The Morgan fingerprint density at radius 3 is 3.00 bits per heavy atom. The maximum atomic E-state index is 12.0. The number of carbonyl (C=O) groups is 1. The number of rotatable bonds is 3. The lowest BCUT2D eigenvalue weighted by molar-refractivity contribution is 0.0935. The molecular weight excluding hydrogens is 254 g/mol. The number of carbonyl (C=O) groups excluding carboxylic acids is 1. The van der Waals surface area contributed by atoms with Crippen LogP contribution in [-0.4, -0.2) is 21.0 Å². The third-order valence-electron chi connectivity index (χ3n) is 2.48. The molecule has 0 aliphatic rings. The van der Waals surface area contributed by atoms with Crippen molar-refractivity contribution in [2.75, 3.05) is 0 Å². The molecule has 0 spiro atoms. The minimum Gasteiger partial charge on any atom is -0.507 e. The van der Waals surface area contributed by atoms with Crippen LogP contribution in [0.2, 0.25) is 5.02 Å². The minimum atomic E-state index is -0.404. The van der Waals surface area contributed by atoms with E-state index in [-0.39, 0.29) is 17.4 Å². The standard InChI is InChI=1S/C12H12ClN3O2/c1-7(11-14-4-5-15-11)16-12(18)9-6-8(13)2-3-10(9)17/h2-7,17H,1H3,(H,14,15)(H,16,18). The Kier molecular flexibility index (Phi) is 3.53. The average molecular weight is 266 g/mol. The number of phenols is 1. The van der Waals surface area contributed by atoms with E-state index in [1.807, 2.05) is 0 Å². The van der Waals surface area contributed by atoms with Crippen LogP contribution in [0.25, 0.3) is 0 Å². The molecule has 0 saturated carbocycles. The van der Waals surface area contributed by atoms with Crippen molar-refractivity contribution in [3.63, 3.8) is 0 Å². The Hall–Kier alpha value is -2.01. The van der Waals surface area contributed by atoms with Crippen molar-refractivity contribution >= 4 is 17.5 Å². The van der Waals surface area contributed by atoms with Crippen molar-refractivity contribution in [3.05, 3.63) is 47.0 Å². The van der Waals surface area contributed by atoms with Gasteiger partial charge < -0.3 is 15.4 Å². The van der Waals surface area contributed by atoms with Crippen LogP contribution >= 0.6 is 11.6 Å². The molecule has 18 heavy (non-hydrogen) atoms. The topological polar surface area (TPSA) is 78.0 Å². The molecule has 1 heterocycles. The van der Waals surface area contributed by atoms with Crippen LogP contribution in [0.1, 0.15) is 29.1 Å². The first-order valence-corrected chi connectivity index (χ1v) is 5.74. The van der Waals surface area contributed by atoms with E-state index in [9.17, 15) is 9.90 Å². The zero-order valence-corrected chi connectivity index (χ0v) is 10.4. The Balaban J connectivity index is 2.15. The predicted molar refractivity (Wildman–Crippen MR) is 67.6 cm³/mol. The van der Waals surface area contributed by atoms with Gasteiger partial charge in [-0.05, 0) is 25.1 Å². The highest BCUT2D eigenvalue weighted by Crippen LogP contribution is 2.22. The van der Waals surface area contributed by atoms with E-state index in [4.69, 9.17) is 11.6 Å². The molecule has 5 nitrogen and oxygen atoms in total. The summed E-state index contributed by atoms with van der Waals surface area (Å²) in [5, 5.41) is 12.7. The maximum absolute atomic E-state index is 12.0. The van der Waals surface area contributed by atoms with E-state index >= 15 is 0 Å². The summed E-state index contributed by atoms with van der Waals surface area (Å²) in [7, 11) is 0. The smallest absolute Gasteiger partial charge is 0.255 e. The van der Waals surface area contributed by atoms with Crippen molar-refractivity contribution in [3.8, 4) is 5.75 Å². The number of aromatic hydroxyl groups is 1. The van der Waals surface area contributed by atoms with Crippen molar-refractivity contribution in [2.24, 2.45) is 0 Å². The number of hydrogen-bond acceptors (Lipinski definition) is 3. The Labute approximate surface area is 109 Å². The van der Waals surface area contributed by atoms with Crippen molar-refractivity contribution in [2.45, 2.75) is 13.0 Å². The molecule has 0 saturated heterocycles. The van der Waals surface area contributed by atoms with Crippen LogP contribution in [-0.2, 0) is 0 Å². The number of aromatic amines is 1. The third-order valence-corrected chi connectivity index (χ3v) is 2.72. The molecule has 0 bridgehead atoms. The summed E-state index contributed by atoms with van der Waals surface area (Å²) in [6.07, 6.45) is 3.28.